The fraction of sp³-hybridized carbons (Fsp3) is 0.500. The summed E-state index contributed by atoms with van der Waals surface area (Å²) in [7, 11) is 1.21. The fourth-order valence-corrected chi connectivity index (χ4v) is 2.37. The summed E-state index contributed by atoms with van der Waals surface area (Å²) in [4.78, 5) is 11.6. The highest BCUT2D eigenvalue weighted by molar-refractivity contribution is 5.90. The van der Waals surface area contributed by atoms with Crippen LogP contribution in [0.5, 0.6) is 0 Å². The normalized spacial score (nSPS) is 11.7. The molecule has 0 aromatic carbocycles. The minimum absolute atomic E-state index is 0.00965. The maximum Gasteiger partial charge on any atom is 0.518 e. The smallest absolute Gasteiger partial charge is 0.465 e. The van der Waals surface area contributed by atoms with Gasteiger partial charge in [0.1, 0.15) is 0 Å². The van der Waals surface area contributed by atoms with Gasteiger partial charge in [-0.25, -0.2) is 4.79 Å². The number of nitrogens with zero attached hydrogens (tertiary/aromatic N) is 1. The molecule has 8 heteroatoms. The summed E-state index contributed by atoms with van der Waals surface area (Å²) in [5.74, 6) is -1.78. The third-order valence-electron chi connectivity index (χ3n) is 3.58. The van der Waals surface area contributed by atoms with Crippen LogP contribution < -0.4 is 9.72 Å². The molecule has 5 nitrogen and oxygen atoms in total. The van der Waals surface area contributed by atoms with E-state index in [4.69, 9.17) is 4.42 Å². The van der Waals surface area contributed by atoms with Gasteiger partial charge >= 0.3 is 18.0 Å². The zero-order chi connectivity index (χ0) is 17.7. The number of hydrogen-bond donors (Lipinski definition) is 1. The van der Waals surface area contributed by atoms with Gasteiger partial charge in [-0.3, -0.25) is 0 Å². The number of fused-ring (bicyclic) bond motifs is 1. The number of pyridine rings is 1. The molecule has 0 saturated carbocycles. The van der Waals surface area contributed by atoms with Crippen molar-refractivity contribution in [3.05, 3.63) is 29.8 Å². The van der Waals surface area contributed by atoms with Crippen molar-refractivity contribution in [2.75, 3.05) is 19.0 Å². The predicted octanol–water partition coefficient (Wildman–Crippen LogP) is 3.82. The number of carbonyl (C=O) groups is 1. The van der Waals surface area contributed by atoms with E-state index in [1.165, 1.54) is 19.2 Å². The Morgan fingerprint density at radius 3 is 2.71 bits per heavy atom. The number of nitrogens with one attached hydrogen (secondary N) is 1. The second-order valence-corrected chi connectivity index (χ2v) is 5.38. The van der Waals surface area contributed by atoms with E-state index in [1.807, 2.05) is 0 Å². The molecule has 24 heavy (non-hydrogen) atoms. The zero-order valence-corrected chi connectivity index (χ0v) is 13.6. The van der Waals surface area contributed by atoms with E-state index >= 15 is 0 Å². The first-order valence-corrected chi connectivity index (χ1v) is 7.76. The SMILES string of the molecule is CCCCCCNc1oc(C(F)(F)F)[n+]2ccc(C(=O)OC)cc12. The summed E-state index contributed by atoms with van der Waals surface area (Å²) >= 11 is 0. The van der Waals surface area contributed by atoms with E-state index in [2.05, 4.69) is 17.0 Å². The lowest BCUT2D eigenvalue weighted by molar-refractivity contribution is -0.551. The number of methoxy groups -OCH3 is 1. The molecule has 2 heterocycles. The van der Waals surface area contributed by atoms with Crippen molar-refractivity contribution < 1.29 is 31.5 Å². The Kier molecular flexibility index (Phi) is 5.69. The van der Waals surface area contributed by atoms with E-state index in [0.717, 1.165) is 36.3 Å². The first-order chi connectivity index (χ1) is 11.4. The van der Waals surface area contributed by atoms with Gasteiger partial charge in [-0.15, -0.1) is 4.40 Å². The van der Waals surface area contributed by atoms with E-state index in [-0.39, 0.29) is 17.0 Å². The summed E-state index contributed by atoms with van der Waals surface area (Å²) in [6.45, 7) is 2.57. The number of rotatable bonds is 7. The predicted molar refractivity (Wildman–Crippen MR) is 80.8 cm³/mol. The zero-order valence-electron chi connectivity index (χ0n) is 13.6. The molecular formula is C16H20F3N2O3+. The van der Waals surface area contributed by atoms with Gasteiger partial charge in [-0.1, -0.05) is 26.2 Å². The molecule has 0 atom stereocenters. The van der Waals surface area contributed by atoms with Gasteiger partial charge in [-0.2, -0.15) is 13.2 Å². The lowest BCUT2D eigenvalue weighted by Crippen LogP contribution is -2.30. The summed E-state index contributed by atoms with van der Waals surface area (Å²) in [6, 6.07) is 2.58. The third-order valence-corrected chi connectivity index (χ3v) is 3.58. The molecule has 0 aliphatic carbocycles. The number of halogens is 3. The Labute approximate surface area is 137 Å². The lowest BCUT2D eigenvalue weighted by atomic mass is 10.2. The van der Waals surface area contributed by atoms with Crippen molar-refractivity contribution in [2.24, 2.45) is 0 Å². The second kappa shape index (κ2) is 7.55. The molecule has 0 unspecified atom stereocenters. The van der Waals surface area contributed by atoms with Crippen LogP contribution in [0.15, 0.2) is 22.7 Å². The third kappa shape index (κ3) is 3.98. The van der Waals surface area contributed by atoms with Crippen LogP contribution in [0.25, 0.3) is 5.52 Å². The van der Waals surface area contributed by atoms with Crippen molar-refractivity contribution in [3.63, 3.8) is 0 Å². The molecule has 2 aromatic heterocycles. The Morgan fingerprint density at radius 2 is 2.08 bits per heavy atom. The summed E-state index contributed by atoms with van der Waals surface area (Å²) in [5, 5.41) is 2.88. The first-order valence-electron chi connectivity index (χ1n) is 7.76. The second-order valence-electron chi connectivity index (χ2n) is 5.38. The number of carbonyl (C=O) groups excluding carboxylic acids is 1. The quantitative estimate of drug-likeness (QED) is 0.471. The monoisotopic (exact) mass is 345 g/mol. The number of aromatic nitrogens is 1. The Balaban J connectivity index is 2.34. The highest BCUT2D eigenvalue weighted by Crippen LogP contribution is 2.31. The van der Waals surface area contributed by atoms with Crippen LogP contribution >= 0.6 is 0 Å². The Hall–Kier alpha value is -2.25. The van der Waals surface area contributed by atoms with Crippen molar-refractivity contribution >= 4 is 17.4 Å². The number of ether oxygens (including phenoxy) is 1. The molecule has 0 amide bonds. The van der Waals surface area contributed by atoms with Crippen molar-refractivity contribution in [3.8, 4) is 0 Å². The van der Waals surface area contributed by atoms with Gasteiger partial charge in [0, 0.05) is 18.7 Å². The fourth-order valence-electron chi connectivity index (χ4n) is 2.37. The van der Waals surface area contributed by atoms with Gasteiger partial charge in [0.2, 0.25) is 0 Å². The average Bonchev–Trinajstić information content (AvgIpc) is 2.92. The van der Waals surface area contributed by atoms with Crippen LogP contribution in [0.3, 0.4) is 0 Å². The van der Waals surface area contributed by atoms with E-state index in [1.54, 1.807) is 0 Å². The number of esters is 1. The van der Waals surface area contributed by atoms with Crippen LogP contribution in [-0.4, -0.2) is 19.6 Å². The summed E-state index contributed by atoms with van der Waals surface area (Å²) in [5.41, 5.74) is 0.293. The van der Waals surface area contributed by atoms with Crippen LogP contribution in [0.2, 0.25) is 0 Å². The maximum atomic E-state index is 13.1. The van der Waals surface area contributed by atoms with E-state index in [0.29, 0.717) is 6.54 Å². The van der Waals surface area contributed by atoms with Gasteiger partial charge in [0.15, 0.2) is 6.20 Å². The molecule has 2 rings (SSSR count). The highest BCUT2D eigenvalue weighted by Gasteiger charge is 2.47. The Bertz CT molecular complexity index is 710. The Morgan fingerprint density at radius 1 is 1.33 bits per heavy atom. The topological polar surface area (TPSA) is 55.6 Å². The van der Waals surface area contributed by atoms with Crippen molar-refractivity contribution in [2.45, 2.75) is 38.8 Å². The lowest BCUT2D eigenvalue weighted by Gasteiger charge is -2.01. The number of anilines is 1. The van der Waals surface area contributed by atoms with Crippen LogP contribution in [0.4, 0.5) is 19.1 Å². The first kappa shape index (κ1) is 18.1. The van der Waals surface area contributed by atoms with Crippen molar-refractivity contribution in [1.82, 2.24) is 0 Å². The summed E-state index contributed by atoms with van der Waals surface area (Å²) < 4.78 is 49.8. The van der Waals surface area contributed by atoms with Crippen LogP contribution in [-0.2, 0) is 10.9 Å². The molecule has 132 valence electrons. The van der Waals surface area contributed by atoms with E-state index in [9.17, 15) is 18.0 Å². The number of unbranched alkanes of at least 4 members (excludes halogenated alkanes) is 3. The molecular weight excluding hydrogens is 325 g/mol. The van der Waals surface area contributed by atoms with Gasteiger partial charge in [-0.05, 0) is 6.42 Å². The number of oxazole rings is 1. The highest BCUT2D eigenvalue weighted by atomic mass is 19.4. The minimum atomic E-state index is -4.64. The number of alkyl halides is 3. The molecule has 0 fully saturated rings. The molecule has 1 N–H and O–H groups in total. The molecule has 0 bridgehead atoms. The standard InChI is InChI=1S/C16H19F3N2O3/c1-3-4-5-6-8-20-13-12-10-11(14(22)23-2)7-9-21(12)15(24-13)16(17,18)19/h7,9-10H,3-6,8H2,1-2H3/p+1. The van der Waals surface area contributed by atoms with Gasteiger partial charge in [0.05, 0.1) is 12.7 Å². The van der Waals surface area contributed by atoms with Crippen LogP contribution in [0, 0.1) is 0 Å². The summed E-state index contributed by atoms with van der Waals surface area (Å²) in [6.07, 6.45) is 0.442. The number of hydrogen-bond acceptors (Lipinski definition) is 4. The molecule has 0 saturated heterocycles. The minimum Gasteiger partial charge on any atom is -0.465 e. The van der Waals surface area contributed by atoms with Gasteiger partial charge in [0.25, 0.3) is 11.4 Å². The molecule has 0 aliphatic heterocycles. The van der Waals surface area contributed by atoms with Crippen molar-refractivity contribution in [1.29, 1.82) is 0 Å². The largest absolute Gasteiger partial charge is 0.518 e. The maximum absolute atomic E-state index is 13.1. The molecule has 2 aromatic rings. The average molecular weight is 345 g/mol. The molecule has 0 spiro atoms. The molecule has 0 aliphatic rings. The van der Waals surface area contributed by atoms with Gasteiger partial charge < -0.3 is 14.5 Å². The van der Waals surface area contributed by atoms with E-state index < -0.39 is 18.0 Å². The molecule has 0 radical (unpaired) electrons. The van der Waals surface area contributed by atoms with Crippen LogP contribution in [0.1, 0.15) is 48.9 Å².